The molecule has 1 aliphatic heterocycles. The Hall–Kier alpha value is -3.50. The van der Waals surface area contributed by atoms with Crippen LogP contribution in [0.3, 0.4) is 0 Å². The maximum atomic E-state index is 13.2. The third kappa shape index (κ3) is 6.44. The minimum atomic E-state index is -0.0758. The number of fused-ring (bicyclic) bond motifs is 1. The molecular weight excluding hydrogens is 548 g/mol. The summed E-state index contributed by atoms with van der Waals surface area (Å²) in [6.07, 6.45) is 9.14. The van der Waals surface area contributed by atoms with Crippen LogP contribution < -0.4 is 5.32 Å². The normalized spacial score (nSPS) is 18.8. The second kappa shape index (κ2) is 12.4. The quantitative estimate of drug-likeness (QED) is 0.171. The standard InChI is InChI=1S/C32H38N6O3S/c1-21-5-6-22-16-23(7-8-26(22)36-21)27-19-34-29(37-27)24(20-42-15-3-4-28(39)31-33-11-14-41-31)18-35-30(40)25-17-32(25)9-12-38(2)13-10-32/h5-8,11,14,16,19,24-25H,3-4,9-10,12-13,15,17-18,20H2,1-2H3,(H,34,37)(H,35,40). The first-order valence-electron chi connectivity index (χ1n) is 14.8. The van der Waals surface area contributed by atoms with E-state index in [4.69, 9.17) is 9.40 Å². The number of nitrogens with zero attached hydrogens (tertiary/aromatic N) is 4. The van der Waals surface area contributed by atoms with E-state index in [1.54, 1.807) is 11.8 Å². The molecule has 0 radical (unpaired) electrons. The van der Waals surface area contributed by atoms with Gasteiger partial charge in [-0.2, -0.15) is 11.8 Å². The van der Waals surface area contributed by atoms with Crippen LogP contribution in [0, 0.1) is 18.3 Å². The number of Topliss-reactive ketones (excluding diaryl/α,β-unsaturated/α-hetero) is 1. The van der Waals surface area contributed by atoms with Gasteiger partial charge in [0.15, 0.2) is 0 Å². The molecule has 2 unspecified atom stereocenters. The number of benzene rings is 1. The topological polar surface area (TPSA) is 117 Å². The highest BCUT2D eigenvalue weighted by Gasteiger charge is 2.58. The number of carbonyl (C=O) groups excluding carboxylic acids is 2. The van der Waals surface area contributed by atoms with Gasteiger partial charge in [-0.25, -0.2) is 9.97 Å². The third-order valence-corrected chi connectivity index (χ3v) is 10.0. The number of H-pyrrole nitrogens is 1. The fourth-order valence-electron chi connectivity index (χ4n) is 6.03. The summed E-state index contributed by atoms with van der Waals surface area (Å²) >= 11 is 1.77. The van der Waals surface area contributed by atoms with E-state index in [2.05, 4.69) is 50.4 Å². The number of oxazole rings is 1. The van der Waals surface area contributed by atoms with E-state index in [1.807, 2.05) is 25.3 Å². The first-order valence-corrected chi connectivity index (χ1v) is 15.9. The van der Waals surface area contributed by atoms with Gasteiger partial charge in [-0.15, -0.1) is 0 Å². The second-order valence-electron chi connectivity index (χ2n) is 11.8. The number of aryl methyl sites for hydroxylation is 1. The maximum absolute atomic E-state index is 13.2. The number of amides is 1. The number of aromatic nitrogens is 4. The molecule has 1 spiro atoms. The van der Waals surface area contributed by atoms with Gasteiger partial charge in [-0.3, -0.25) is 14.6 Å². The number of hydrogen-bond acceptors (Lipinski definition) is 8. The van der Waals surface area contributed by atoms with Crippen LogP contribution in [0.1, 0.15) is 60.2 Å². The highest BCUT2D eigenvalue weighted by molar-refractivity contribution is 7.99. The van der Waals surface area contributed by atoms with Crippen molar-refractivity contribution in [3.05, 3.63) is 66.4 Å². The minimum absolute atomic E-state index is 0.0205. The molecule has 2 aliphatic rings. The number of piperidine rings is 1. The number of thioether (sulfide) groups is 1. The Kier molecular flexibility index (Phi) is 8.44. The fraction of sp³-hybridized carbons (Fsp3) is 0.469. The molecule has 1 aliphatic carbocycles. The van der Waals surface area contributed by atoms with Crippen molar-refractivity contribution in [1.82, 2.24) is 30.2 Å². The number of ketones is 1. The summed E-state index contributed by atoms with van der Waals surface area (Å²) in [7, 11) is 2.16. The lowest BCUT2D eigenvalue weighted by Gasteiger charge is -2.29. The Morgan fingerprint density at radius 3 is 2.88 bits per heavy atom. The summed E-state index contributed by atoms with van der Waals surface area (Å²) in [5.74, 6) is 2.88. The molecule has 4 aromatic rings. The largest absolute Gasteiger partial charge is 0.442 e. The molecule has 9 nitrogen and oxygen atoms in total. The Morgan fingerprint density at radius 1 is 1.21 bits per heavy atom. The lowest BCUT2D eigenvalue weighted by atomic mass is 9.91. The summed E-state index contributed by atoms with van der Waals surface area (Å²) < 4.78 is 5.12. The van der Waals surface area contributed by atoms with E-state index in [-0.39, 0.29) is 34.8 Å². The molecule has 4 heterocycles. The van der Waals surface area contributed by atoms with Crippen LogP contribution in [0.2, 0.25) is 0 Å². The van der Waals surface area contributed by atoms with Crippen molar-refractivity contribution in [1.29, 1.82) is 0 Å². The first kappa shape index (κ1) is 28.6. The number of pyridine rings is 1. The van der Waals surface area contributed by atoms with Crippen molar-refractivity contribution in [3.63, 3.8) is 0 Å². The van der Waals surface area contributed by atoms with Crippen LogP contribution in [-0.2, 0) is 4.79 Å². The van der Waals surface area contributed by atoms with Crippen LogP contribution in [0.5, 0.6) is 0 Å². The first-order chi connectivity index (χ1) is 20.4. The second-order valence-corrected chi connectivity index (χ2v) is 13.0. The minimum Gasteiger partial charge on any atom is -0.442 e. The van der Waals surface area contributed by atoms with Crippen LogP contribution in [0.4, 0.5) is 0 Å². The van der Waals surface area contributed by atoms with E-state index in [9.17, 15) is 9.59 Å². The average molecular weight is 587 g/mol. The molecule has 0 bridgehead atoms. The highest BCUT2D eigenvalue weighted by atomic mass is 32.2. The third-order valence-electron chi connectivity index (χ3n) is 8.82. The van der Waals surface area contributed by atoms with Gasteiger partial charge in [-0.05, 0) is 82.1 Å². The Morgan fingerprint density at radius 2 is 2.07 bits per heavy atom. The lowest BCUT2D eigenvalue weighted by molar-refractivity contribution is -0.123. The molecule has 42 heavy (non-hydrogen) atoms. The molecule has 2 fully saturated rings. The van der Waals surface area contributed by atoms with Gasteiger partial charge in [0, 0.05) is 47.2 Å². The number of rotatable bonds is 12. The van der Waals surface area contributed by atoms with Gasteiger partial charge in [0.2, 0.25) is 11.7 Å². The van der Waals surface area contributed by atoms with Gasteiger partial charge in [0.1, 0.15) is 12.1 Å². The van der Waals surface area contributed by atoms with Gasteiger partial charge in [0.05, 0.1) is 23.6 Å². The Labute approximate surface area is 250 Å². The summed E-state index contributed by atoms with van der Waals surface area (Å²) in [4.78, 5) is 44.6. The smallest absolute Gasteiger partial charge is 0.263 e. The average Bonchev–Trinajstić information content (AvgIpc) is 3.35. The molecule has 3 aromatic heterocycles. The van der Waals surface area contributed by atoms with Gasteiger partial charge >= 0.3 is 0 Å². The zero-order chi connectivity index (χ0) is 29.1. The number of carbonyl (C=O) groups is 2. The van der Waals surface area contributed by atoms with Gasteiger partial charge in [-0.1, -0.05) is 12.1 Å². The van der Waals surface area contributed by atoms with Crippen molar-refractivity contribution in [2.45, 2.75) is 44.9 Å². The van der Waals surface area contributed by atoms with Crippen molar-refractivity contribution in [2.24, 2.45) is 11.3 Å². The lowest BCUT2D eigenvalue weighted by Crippen LogP contribution is -2.36. The zero-order valence-corrected chi connectivity index (χ0v) is 25.1. The van der Waals surface area contributed by atoms with E-state index in [0.29, 0.717) is 13.0 Å². The van der Waals surface area contributed by atoms with Crippen LogP contribution in [0.15, 0.2) is 53.4 Å². The summed E-state index contributed by atoms with van der Waals surface area (Å²) in [5.41, 5.74) is 4.17. The number of likely N-dealkylation sites (tertiary alicyclic amines) is 1. The van der Waals surface area contributed by atoms with Crippen LogP contribution >= 0.6 is 11.8 Å². The Bertz CT molecular complexity index is 1540. The van der Waals surface area contributed by atoms with E-state index >= 15 is 0 Å². The molecule has 6 rings (SSSR count). The van der Waals surface area contributed by atoms with Gasteiger partial charge in [0.25, 0.3) is 5.89 Å². The van der Waals surface area contributed by atoms with E-state index in [1.165, 1.54) is 12.5 Å². The molecule has 2 atom stereocenters. The molecule has 220 valence electrons. The SMILES string of the molecule is Cc1ccc2cc(-c3cnc(C(CNC(=O)C4CC45CCN(C)CC5)CSCCCC(=O)c4ncco4)[nH]3)ccc2n1. The molecule has 1 saturated carbocycles. The monoisotopic (exact) mass is 586 g/mol. The molecule has 10 heteroatoms. The van der Waals surface area contributed by atoms with E-state index < -0.39 is 0 Å². The van der Waals surface area contributed by atoms with Crippen LogP contribution in [-0.4, -0.2) is 74.7 Å². The highest BCUT2D eigenvalue weighted by Crippen LogP contribution is 2.59. The number of nitrogens with one attached hydrogen (secondary N) is 2. The van der Waals surface area contributed by atoms with Crippen molar-refractivity contribution in [2.75, 3.05) is 38.2 Å². The number of imidazole rings is 1. The zero-order valence-electron chi connectivity index (χ0n) is 24.3. The maximum Gasteiger partial charge on any atom is 0.263 e. The fourth-order valence-corrected chi connectivity index (χ4v) is 7.11. The summed E-state index contributed by atoms with van der Waals surface area (Å²) in [5, 5.41) is 4.36. The van der Waals surface area contributed by atoms with Crippen LogP contribution in [0.25, 0.3) is 22.2 Å². The molecule has 1 aromatic carbocycles. The molecule has 2 N–H and O–H groups in total. The summed E-state index contributed by atoms with van der Waals surface area (Å²) in [6.45, 7) is 4.67. The number of hydrogen-bond donors (Lipinski definition) is 2. The van der Waals surface area contributed by atoms with Crippen molar-refractivity contribution < 1.29 is 14.0 Å². The number of aromatic amines is 1. The van der Waals surface area contributed by atoms with Gasteiger partial charge < -0.3 is 19.6 Å². The molecular formula is C32H38N6O3S. The van der Waals surface area contributed by atoms with Crippen molar-refractivity contribution in [3.8, 4) is 11.3 Å². The molecule has 1 saturated heterocycles. The van der Waals surface area contributed by atoms with E-state index in [0.717, 1.165) is 84.0 Å². The summed E-state index contributed by atoms with van der Waals surface area (Å²) in [6, 6.07) is 10.4. The molecule has 1 amide bonds. The predicted molar refractivity (Wildman–Crippen MR) is 164 cm³/mol. The van der Waals surface area contributed by atoms with Crippen molar-refractivity contribution >= 4 is 34.4 Å². The Balaban J connectivity index is 1.10. The predicted octanol–water partition coefficient (Wildman–Crippen LogP) is 5.25.